The Kier molecular flexibility index (Phi) is 4.14. The standard InChI is InChI=1S/C16H19N3S/c1-20-19-13-18(11-15-9-5-6-10-17-15)12-16(19)14-7-3-2-4-8-14/h2-11,16-17H,12-13H2,1H3/b15-11-/t16-/m0/s1. The number of hydrogen-bond acceptors (Lipinski definition) is 4. The highest BCUT2D eigenvalue weighted by molar-refractivity contribution is 7.96. The first kappa shape index (κ1) is 13.3. The molecular weight excluding hydrogens is 266 g/mol. The van der Waals surface area contributed by atoms with E-state index in [1.807, 2.05) is 24.2 Å². The molecule has 4 heteroatoms. The minimum absolute atomic E-state index is 0.450. The van der Waals surface area contributed by atoms with E-state index in [2.05, 4.69) is 69.5 Å². The van der Waals surface area contributed by atoms with Gasteiger partial charge in [0.25, 0.3) is 0 Å². The topological polar surface area (TPSA) is 18.5 Å². The number of dihydropyridines is 1. The minimum Gasteiger partial charge on any atom is -0.361 e. The third kappa shape index (κ3) is 2.92. The second kappa shape index (κ2) is 6.20. The van der Waals surface area contributed by atoms with Crippen LogP contribution in [0.3, 0.4) is 0 Å². The number of benzene rings is 1. The van der Waals surface area contributed by atoms with Crippen molar-refractivity contribution in [2.75, 3.05) is 19.5 Å². The summed E-state index contributed by atoms with van der Waals surface area (Å²) >= 11 is 1.81. The van der Waals surface area contributed by atoms with Crippen molar-refractivity contribution in [2.45, 2.75) is 6.04 Å². The summed E-state index contributed by atoms with van der Waals surface area (Å²) in [5.41, 5.74) is 2.53. The predicted molar refractivity (Wildman–Crippen MR) is 85.6 cm³/mol. The highest BCUT2D eigenvalue weighted by atomic mass is 32.2. The van der Waals surface area contributed by atoms with Crippen LogP contribution in [0.1, 0.15) is 11.6 Å². The predicted octanol–water partition coefficient (Wildman–Crippen LogP) is 3.10. The van der Waals surface area contributed by atoms with Crippen molar-refractivity contribution in [3.63, 3.8) is 0 Å². The van der Waals surface area contributed by atoms with Crippen molar-refractivity contribution in [1.82, 2.24) is 14.5 Å². The maximum atomic E-state index is 3.26. The molecule has 0 aliphatic carbocycles. The van der Waals surface area contributed by atoms with Crippen LogP contribution in [0.5, 0.6) is 0 Å². The van der Waals surface area contributed by atoms with Crippen molar-refractivity contribution in [2.24, 2.45) is 0 Å². The van der Waals surface area contributed by atoms with E-state index in [1.165, 1.54) is 5.56 Å². The maximum Gasteiger partial charge on any atom is 0.0806 e. The third-order valence-corrected chi connectivity index (χ3v) is 4.39. The fraction of sp³-hybridized carbons (Fsp3) is 0.250. The van der Waals surface area contributed by atoms with Crippen LogP contribution < -0.4 is 5.32 Å². The molecule has 0 aromatic heterocycles. The monoisotopic (exact) mass is 285 g/mol. The molecule has 1 fully saturated rings. The number of rotatable bonds is 3. The second-order valence-corrected chi connectivity index (χ2v) is 5.72. The summed E-state index contributed by atoms with van der Waals surface area (Å²) in [5.74, 6) is 0. The van der Waals surface area contributed by atoms with Crippen LogP contribution in [0.2, 0.25) is 0 Å². The lowest BCUT2D eigenvalue weighted by molar-refractivity contribution is 0.405. The van der Waals surface area contributed by atoms with E-state index >= 15 is 0 Å². The van der Waals surface area contributed by atoms with Gasteiger partial charge < -0.3 is 10.2 Å². The first-order valence-corrected chi connectivity index (χ1v) is 7.96. The quantitative estimate of drug-likeness (QED) is 0.860. The number of allylic oxidation sites excluding steroid dienone is 3. The Hall–Kier alpha value is -1.65. The molecule has 1 aromatic carbocycles. The Morgan fingerprint density at radius 1 is 1.25 bits per heavy atom. The van der Waals surface area contributed by atoms with Gasteiger partial charge in [-0.2, -0.15) is 0 Å². The summed E-state index contributed by atoms with van der Waals surface area (Å²) in [7, 11) is 0. The van der Waals surface area contributed by atoms with E-state index in [0.717, 1.165) is 18.9 Å². The van der Waals surface area contributed by atoms with Gasteiger partial charge in [0.15, 0.2) is 0 Å². The summed E-state index contributed by atoms with van der Waals surface area (Å²) in [4.78, 5) is 2.36. The largest absolute Gasteiger partial charge is 0.361 e. The van der Waals surface area contributed by atoms with Crippen LogP contribution in [0.15, 0.2) is 66.7 Å². The smallest absolute Gasteiger partial charge is 0.0806 e. The molecule has 0 amide bonds. The van der Waals surface area contributed by atoms with Crippen molar-refractivity contribution in [1.29, 1.82) is 0 Å². The molecule has 0 saturated carbocycles. The minimum atomic E-state index is 0.450. The molecule has 2 aliphatic heterocycles. The maximum absolute atomic E-state index is 3.26. The lowest BCUT2D eigenvalue weighted by atomic mass is 10.1. The fourth-order valence-corrected chi connectivity index (χ4v) is 3.26. The zero-order chi connectivity index (χ0) is 13.8. The normalized spacial score (nSPS) is 24.4. The molecular formula is C16H19N3S. The molecule has 2 heterocycles. The molecule has 1 aromatic rings. The van der Waals surface area contributed by atoms with Gasteiger partial charge in [0.05, 0.1) is 18.4 Å². The summed E-state index contributed by atoms with van der Waals surface area (Å²) in [5, 5.41) is 3.26. The van der Waals surface area contributed by atoms with Gasteiger partial charge in [-0.05, 0) is 24.0 Å². The average molecular weight is 285 g/mol. The SMILES string of the molecule is CSN1CN(/C=C2/C=CC=CN2)C[C@H]1c1ccccc1. The van der Waals surface area contributed by atoms with E-state index < -0.39 is 0 Å². The van der Waals surface area contributed by atoms with Gasteiger partial charge in [0.1, 0.15) is 0 Å². The lowest BCUT2D eigenvalue weighted by Gasteiger charge is -2.19. The van der Waals surface area contributed by atoms with Gasteiger partial charge in [-0.3, -0.25) is 0 Å². The zero-order valence-corrected chi connectivity index (χ0v) is 12.4. The van der Waals surface area contributed by atoms with E-state index in [4.69, 9.17) is 0 Å². The van der Waals surface area contributed by atoms with Crippen molar-refractivity contribution in [3.8, 4) is 0 Å². The highest BCUT2D eigenvalue weighted by Crippen LogP contribution is 2.32. The molecule has 104 valence electrons. The van der Waals surface area contributed by atoms with Crippen LogP contribution >= 0.6 is 11.9 Å². The molecule has 1 atom stereocenters. The Bertz CT molecular complexity index is 536. The van der Waals surface area contributed by atoms with Crippen molar-refractivity contribution in [3.05, 3.63) is 72.2 Å². The number of hydrogen-bond donors (Lipinski definition) is 1. The molecule has 3 rings (SSSR count). The molecule has 0 radical (unpaired) electrons. The second-order valence-electron chi connectivity index (χ2n) is 4.89. The van der Waals surface area contributed by atoms with Crippen molar-refractivity contribution >= 4 is 11.9 Å². The van der Waals surface area contributed by atoms with Crippen molar-refractivity contribution < 1.29 is 0 Å². The third-order valence-electron chi connectivity index (χ3n) is 3.55. The van der Waals surface area contributed by atoms with Crippen LogP contribution in [0.4, 0.5) is 0 Å². The number of nitrogens with zero attached hydrogens (tertiary/aromatic N) is 2. The number of nitrogens with one attached hydrogen (secondary N) is 1. The van der Waals surface area contributed by atoms with Gasteiger partial charge in [-0.15, -0.1) is 0 Å². The summed E-state index contributed by atoms with van der Waals surface area (Å²) < 4.78 is 2.43. The molecule has 1 saturated heterocycles. The first-order chi connectivity index (χ1) is 9.86. The van der Waals surface area contributed by atoms with Crippen LogP contribution in [-0.2, 0) is 0 Å². The molecule has 20 heavy (non-hydrogen) atoms. The van der Waals surface area contributed by atoms with E-state index in [-0.39, 0.29) is 0 Å². The Balaban J connectivity index is 1.74. The van der Waals surface area contributed by atoms with E-state index in [9.17, 15) is 0 Å². The molecule has 0 spiro atoms. The summed E-state index contributed by atoms with van der Waals surface area (Å²) in [6.07, 6.45) is 12.5. The van der Waals surface area contributed by atoms with Crippen LogP contribution in [0, 0.1) is 0 Å². The Morgan fingerprint density at radius 3 is 2.80 bits per heavy atom. The molecule has 3 nitrogen and oxygen atoms in total. The molecule has 0 bridgehead atoms. The summed E-state index contributed by atoms with van der Waals surface area (Å²) in [6.45, 7) is 1.97. The molecule has 0 unspecified atom stereocenters. The Morgan fingerprint density at radius 2 is 2.10 bits per heavy atom. The highest BCUT2D eigenvalue weighted by Gasteiger charge is 2.29. The van der Waals surface area contributed by atoms with E-state index in [0.29, 0.717) is 6.04 Å². The Labute approximate surface area is 124 Å². The van der Waals surface area contributed by atoms with Gasteiger partial charge in [0, 0.05) is 18.9 Å². The van der Waals surface area contributed by atoms with Gasteiger partial charge in [0.2, 0.25) is 0 Å². The average Bonchev–Trinajstić information content (AvgIpc) is 2.92. The van der Waals surface area contributed by atoms with Gasteiger partial charge in [-0.25, -0.2) is 4.31 Å². The van der Waals surface area contributed by atoms with Gasteiger partial charge >= 0.3 is 0 Å². The molecule has 2 aliphatic rings. The zero-order valence-electron chi connectivity index (χ0n) is 11.6. The van der Waals surface area contributed by atoms with Crippen LogP contribution in [-0.4, -0.2) is 28.7 Å². The van der Waals surface area contributed by atoms with Crippen LogP contribution in [0.25, 0.3) is 0 Å². The first-order valence-electron chi connectivity index (χ1n) is 6.78. The summed E-state index contributed by atoms with van der Waals surface area (Å²) in [6, 6.07) is 11.2. The van der Waals surface area contributed by atoms with E-state index in [1.54, 1.807) is 0 Å². The lowest BCUT2D eigenvalue weighted by Crippen LogP contribution is -2.19. The van der Waals surface area contributed by atoms with Gasteiger partial charge in [-0.1, -0.05) is 48.4 Å². The molecule has 1 N–H and O–H groups in total. The fourth-order valence-electron chi connectivity index (χ4n) is 2.56.